The molecule has 8 heteroatoms. The van der Waals surface area contributed by atoms with Crippen molar-refractivity contribution in [2.75, 3.05) is 31.3 Å². The Morgan fingerprint density at radius 3 is 2.47 bits per heavy atom. The number of carbonyl (C=O) groups is 1. The second kappa shape index (κ2) is 11.8. The molecule has 1 heterocycles. The minimum atomic E-state index is -0.873. The first kappa shape index (κ1) is 24.0. The molecule has 1 atom stereocenters. The lowest BCUT2D eigenvalue weighted by atomic mass is 10.2. The van der Waals surface area contributed by atoms with Crippen molar-refractivity contribution in [1.82, 2.24) is 0 Å². The van der Waals surface area contributed by atoms with Crippen molar-refractivity contribution in [2.45, 2.75) is 26.0 Å². The van der Waals surface area contributed by atoms with Crippen LogP contribution in [0.3, 0.4) is 0 Å². The number of carbonyl (C=O) groups excluding carboxylic acids is 1. The van der Waals surface area contributed by atoms with Gasteiger partial charge in [-0.05, 0) is 61.5 Å². The van der Waals surface area contributed by atoms with Crippen molar-refractivity contribution in [3.05, 3.63) is 65.1 Å². The highest BCUT2D eigenvalue weighted by Crippen LogP contribution is 2.36. The summed E-state index contributed by atoms with van der Waals surface area (Å²) in [5.41, 5.74) is 1.68. The fourth-order valence-electron chi connectivity index (χ4n) is 2.89. The van der Waals surface area contributed by atoms with Gasteiger partial charge in [0.25, 0.3) is 5.91 Å². The quantitative estimate of drug-likeness (QED) is 0.421. The van der Waals surface area contributed by atoms with Crippen molar-refractivity contribution < 1.29 is 24.5 Å². The molecular weight excluding hydrogens is 428 g/mol. The van der Waals surface area contributed by atoms with Crippen LogP contribution in [0.15, 0.2) is 64.5 Å². The fraction of sp³-hybridized carbons (Fsp3) is 0.333. The number of aliphatic imine (C=N–C) groups is 1. The largest absolute Gasteiger partial charge is 0.491 e. The smallest absolute Gasteiger partial charge is 0.271 e. The number of amidine groups is 1. The fourth-order valence-corrected chi connectivity index (χ4v) is 4.00. The van der Waals surface area contributed by atoms with Gasteiger partial charge in [0, 0.05) is 6.04 Å². The summed E-state index contributed by atoms with van der Waals surface area (Å²) in [7, 11) is 0. The number of hydrogen-bond acceptors (Lipinski definition) is 7. The lowest BCUT2D eigenvalue weighted by Gasteiger charge is -2.16. The molecule has 0 aliphatic carbocycles. The molecule has 1 aliphatic heterocycles. The van der Waals surface area contributed by atoms with Crippen LogP contribution in [-0.2, 0) is 9.53 Å². The molecule has 0 radical (unpaired) electrons. The third-order valence-electron chi connectivity index (χ3n) is 4.38. The number of benzene rings is 2. The number of thioether (sulfide) groups is 1. The Balaban J connectivity index is 1.65. The number of aliphatic hydroxyl groups is 2. The zero-order valence-corrected chi connectivity index (χ0v) is 19.0. The molecule has 7 nitrogen and oxygen atoms in total. The summed E-state index contributed by atoms with van der Waals surface area (Å²) in [5.74, 6) is 0.583. The van der Waals surface area contributed by atoms with Crippen LogP contribution in [0.25, 0.3) is 6.08 Å². The summed E-state index contributed by atoms with van der Waals surface area (Å²) in [6, 6.07) is 17.0. The molecule has 170 valence electrons. The van der Waals surface area contributed by atoms with Gasteiger partial charge in [-0.25, -0.2) is 0 Å². The number of rotatable bonds is 10. The van der Waals surface area contributed by atoms with Crippen LogP contribution >= 0.6 is 11.8 Å². The van der Waals surface area contributed by atoms with E-state index in [2.05, 4.69) is 4.99 Å². The molecule has 1 aliphatic rings. The first-order valence-corrected chi connectivity index (χ1v) is 11.3. The van der Waals surface area contributed by atoms with Gasteiger partial charge >= 0.3 is 0 Å². The summed E-state index contributed by atoms with van der Waals surface area (Å²) in [5, 5.41) is 18.6. The highest BCUT2D eigenvalue weighted by atomic mass is 32.2. The maximum Gasteiger partial charge on any atom is 0.271 e. The highest BCUT2D eigenvalue weighted by molar-refractivity contribution is 8.19. The van der Waals surface area contributed by atoms with Crippen LogP contribution in [0.2, 0.25) is 0 Å². The Kier molecular flexibility index (Phi) is 8.87. The van der Waals surface area contributed by atoms with Gasteiger partial charge in [-0.15, -0.1) is 0 Å². The lowest BCUT2D eigenvalue weighted by molar-refractivity contribution is -0.113. The van der Waals surface area contributed by atoms with E-state index >= 15 is 0 Å². The molecule has 1 amide bonds. The number of aliphatic hydroxyl groups excluding tert-OH is 2. The lowest BCUT2D eigenvalue weighted by Crippen LogP contribution is -2.29. The number of ether oxygens (including phenoxy) is 2. The Hall–Kier alpha value is -2.65. The van der Waals surface area contributed by atoms with Gasteiger partial charge in [-0.1, -0.05) is 30.3 Å². The molecule has 0 bridgehead atoms. The molecule has 2 aromatic carbocycles. The molecule has 1 unspecified atom stereocenters. The van der Waals surface area contributed by atoms with Gasteiger partial charge in [0.1, 0.15) is 18.5 Å². The summed E-state index contributed by atoms with van der Waals surface area (Å²) in [4.78, 5) is 20.0. The number of hydrogen-bond donors (Lipinski definition) is 2. The Labute approximate surface area is 192 Å². The zero-order chi connectivity index (χ0) is 22.9. The van der Waals surface area contributed by atoms with E-state index in [1.807, 2.05) is 74.5 Å². The van der Waals surface area contributed by atoms with Crippen LogP contribution in [0.4, 0.5) is 5.69 Å². The van der Waals surface area contributed by atoms with E-state index in [0.717, 1.165) is 11.3 Å². The van der Waals surface area contributed by atoms with Gasteiger partial charge in [-0.2, -0.15) is 0 Å². The standard InChI is InChI=1S/C24H28N2O5S/c1-17(2)25-24-26(19-6-4-3-5-7-19)23(29)22(32-24)14-18-8-10-21(11-9-18)31-13-12-30-16-20(28)15-27/h3-11,14,17,20,27-28H,12-13,15-16H2,1-2H3. The summed E-state index contributed by atoms with van der Waals surface area (Å²) >= 11 is 1.37. The zero-order valence-electron chi connectivity index (χ0n) is 18.2. The van der Waals surface area contributed by atoms with Crippen molar-refractivity contribution in [2.24, 2.45) is 4.99 Å². The van der Waals surface area contributed by atoms with E-state index in [-0.39, 0.29) is 25.2 Å². The SMILES string of the molecule is CC(C)N=C1SC(=Cc2ccc(OCCOCC(O)CO)cc2)C(=O)N1c1ccccc1. The van der Waals surface area contributed by atoms with Gasteiger partial charge in [0.15, 0.2) is 5.17 Å². The Morgan fingerprint density at radius 1 is 1.09 bits per heavy atom. The van der Waals surface area contributed by atoms with Crippen LogP contribution in [0.5, 0.6) is 5.75 Å². The second-order valence-corrected chi connectivity index (χ2v) is 8.43. The van der Waals surface area contributed by atoms with E-state index in [0.29, 0.717) is 29.0 Å². The minimum Gasteiger partial charge on any atom is -0.491 e. The molecule has 2 aromatic rings. The van der Waals surface area contributed by atoms with Gasteiger partial charge in [0.2, 0.25) is 0 Å². The molecule has 0 saturated carbocycles. The maximum atomic E-state index is 13.1. The van der Waals surface area contributed by atoms with Crippen LogP contribution < -0.4 is 9.64 Å². The molecule has 32 heavy (non-hydrogen) atoms. The molecule has 1 fully saturated rings. The first-order chi connectivity index (χ1) is 15.5. The van der Waals surface area contributed by atoms with E-state index in [4.69, 9.17) is 14.6 Å². The normalized spacial score (nSPS) is 17.5. The number of amides is 1. The van der Waals surface area contributed by atoms with Gasteiger partial charge < -0.3 is 19.7 Å². The monoisotopic (exact) mass is 456 g/mol. The first-order valence-electron chi connectivity index (χ1n) is 10.4. The average Bonchev–Trinajstić information content (AvgIpc) is 3.08. The van der Waals surface area contributed by atoms with Crippen molar-refractivity contribution in [1.29, 1.82) is 0 Å². The average molecular weight is 457 g/mol. The number of anilines is 1. The van der Waals surface area contributed by atoms with Crippen molar-refractivity contribution in [3.8, 4) is 5.75 Å². The van der Waals surface area contributed by atoms with Gasteiger partial charge in [0.05, 0.1) is 30.4 Å². The molecule has 3 rings (SSSR count). The molecule has 1 saturated heterocycles. The van der Waals surface area contributed by atoms with Gasteiger partial charge in [-0.3, -0.25) is 14.7 Å². The van der Waals surface area contributed by atoms with Crippen molar-refractivity contribution in [3.63, 3.8) is 0 Å². The number of para-hydroxylation sites is 1. The molecular formula is C24H28N2O5S. The van der Waals surface area contributed by atoms with E-state index in [1.54, 1.807) is 4.90 Å². The van der Waals surface area contributed by atoms with E-state index in [9.17, 15) is 9.90 Å². The Morgan fingerprint density at radius 2 is 1.81 bits per heavy atom. The summed E-state index contributed by atoms with van der Waals surface area (Å²) < 4.78 is 10.8. The van der Waals surface area contributed by atoms with Crippen LogP contribution in [0, 0.1) is 0 Å². The third kappa shape index (κ3) is 6.67. The summed E-state index contributed by atoms with van der Waals surface area (Å²) in [6.07, 6.45) is 0.983. The van der Waals surface area contributed by atoms with E-state index in [1.165, 1.54) is 11.8 Å². The number of nitrogens with zero attached hydrogens (tertiary/aromatic N) is 2. The second-order valence-electron chi connectivity index (χ2n) is 7.42. The third-order valence-corrected chi connectivity index (χ3v) is 5.37. The van der Waals surface area contributed by atoms with Crippen molar-refractivity contribution >= 4 is 34.6 Å². The van der Waals surface area contributed by atoms with Crippen LogP contribution in [-0.4, -0.2) is 59.9 Å². The predicted octanol–water partition coefficient (Wildman–Crippen LogP) is 3.32. The molecule has 2 N–H and O–H groups in total. The summed E-state index contributed by atoms with van der Waals surface area (Å²) in [6.45, 7) is 4.35. The maximum absolute atomic E-state index is 13.1. The minimum absolute atomic E-state index is 0.0696. The topological polar surface area (TPSA) is 91.6 Å². The highest BCUT2D eigenvalue weighted by Gasteiger charge is 2.34. The molecule has 0 aromatic heterocycles. The van der Waals surface area contributed by atoms with E-state index < -0.39 is 6.10 Å². The Bertz CT molecular complexity index is 945. The van der Waals surface area contributed by atoms with Crippen LogP contribution in [0.1, 0.15) is 19.4 Å². The molecule has 0 spiro atoms. The predicted molar refractivity (Wildman–Crippen MR) is 128 cm³/mol.